The van der Waals surface area contributed by atoms with Crippen LogP contribution < -0.4 is 10.6 Å². The Hall–Kier alpha value is -1.06. The SMILES string of the molecule is CC(=O)NC(C)C(=O)NCCCCCCC(C)C. The molecule has 2 amide bonds. The maximum absolute atomic E-state index is 11.5. The van der Waals surface area contributed by atoms with Crippen LogP contribution in [-0.4, -0.2) is 24.4 Å². The molecule has 0 fully saturated rings. The smallest absolute Gasteiger partial charge is 0.242 e. The van der Waals surface area contributed by atoms with E-state index in [0.29, 0.717) is 6.54 Å². The van der Waals surface area contributed by atoms with Crippen molar-refractivity contribution in [3.05, 3.63) is 0 Å². The van der Waals surface area contributed by atoms with Crippen molar-refractivity contribution in [2.75, 3.05) is 6.54 Å². The number of hydrogen-bond donors (Lipinski definition) is 2. The number of amides is 2. The normalized spacial score (nSPS) is 12.3. The first-order valence-corrected chi connectivity index (χ1v) is 6.98. The molecule has 0 aliphatic rings. The minimum Gasteiger partial charge on any atom is -0.354 e. The Labute approximate surface area is 111 Å². The van der Waals surface area contributed by atoms with Crippen LogP contribution in [0.3, 0.4) is 0 Å². The molecular formula is C14H28N2O2. The molecule has 0 rings (SSSR count). The fourth-order valence-electron chi connectivity index (χ4n) is 1.77. The molecule has 0 spiro atoms. The van der Waals surface area contributed by atoms with Crippen molar-refractivity contribution < 1.29 is 9.59 Å². The van der Waals surface area contributed by atoms with Gasteiger partial charge in [0.15, 0.2) is 0 Å². The van der Waals surface area contributed by atoms with Crippen LogP contribution in [0, 0.1) is 5.92 Å². The molecule has 1 unspecified atom stereocenters. The highest BCUT2D eigenvalue weighted by Crippen LogP contribution is 2.08. The van der Waals surface area contributed by atoms with Gasteiger partial charge in [-0.05, 0) is 19.3 Å². The van der Waals surface area contributed by atoms with Crippen LogP contribution in [0.1, 0.15) is 59.8 Å². The number of nitrogens with one attached hydrogen (secondary N) is 2. The second-order valence-corrected chi connectivity index (χ2v) is 5.31. The standard InChI is InChI=1S/C14H28N2O2/c1-11(2)9-7-5-6-8-10-15-14(18)12(3)16-13(4)17/h11-12H,5-10H2,1-4H3,(H,15,18)(H,16,17). The highest BCUT2D eigenvalue weighted by atomic mass is 16.2. The van der Waals surface area contributed by atoms with Crippen LogP contribution in [0.15, 0.2) is 0 Å². The van der Waals surface area contributed by atoms with Crippen molar-refractivity contribution in [1.29, 1.82) is 0 Å². The molecule has 4 heteroatoms. The van der Waals surface area contributed by atoms with E-state index in [9.17, 15) is 9.59 Å². The number of rotatable bonds is 9. The van der Waals surface area contributed by atoms with Gasteiger partial charge in [-0.2, -0.15) is 0 Å². The highest BCUT2D eigenvalue weighted by Gasteiger charge is 2.12. The van der Waals surface area contributed by atoms with Crippen LogP contribution in [0.4, 0.5) is 0 Å². The summed E-state index contributed by atoms with van der Waals surface area (Å²) in [5.74, 6) is 0.502. The molecule has 0 saturated carbocycles. The monoisotopic (exact) mass is 256 g/mol. The van der Waals surface area contributed by atoms with E-state index in [1.807, 2.05) is 0 Å². The molecule has 0 saturated heterocycles. The Balaban J connectivity index is 3.43. The first-order chi connectivity index (χ1) is 8.43. The minimum atomic E-state index is -0.441. The Morgan fingerprint density at radius 3 is 2.17 bits per heavy atom. The molecule has 1 atom stereocenters. The highest BCUT2D eigenvalue weighted by molar-refractivity contribution is 5.86. The molecule has 0 aromatic carbocycles. The summed E-state index contributed by atoms with van der Waals surface area (Å²) in [6.07, 6.45) is 5.95. The van der Waals surface area contributed by atoms with Crippen molar-refractivity contribution in [2.45, 2.75) is 65.8 Å². The van der Waals surface area contributed by atoms with Crippen LogP contribution in [-0.2, 0) is 9.59 Å². The topological polar surface area (TPSA) is 58.2 Å². The summed E-state index contributed by atoms with van der Waals surface area (Å²) in [4.78, 5) is 22.3. The lowest BCUT2D eigenvalue weighted by atomic mass is 10.0. The summed E-state index contributed by atoms with van der Waals surface area (Å²) in [7, 11) is 0. The van der Waals surface area contributed by atoms with E-state index in [1.165, 1.54) is 26.2 Å². The predicted molar refractivity (Wildman–Crippen MR) is 74.2 cm³/mol. The third kappa shape index (κ3) is 10.1. The predicted octanol–water partition coefficient (Wildman–Crippen LogP) is 2.23. The van der Waals surface area contributed by atoms with Gasteiger partial charge in [0.25, 0.3) is 0 Å². The summed E-state index contributed by atoms with van der Waals surface area (Å²) in [5.41, 5.74) is 0. The zero-order valence-electron chi connectivity index (χ0n) is 12.2. The Kier molecular flexibility index (Phi) is 9.33. The van der Waals surface area contributed by atoms with E-state index >= 15 is 0 Å². The molecule has 0 heterocycles. The van der Waals surface area contributed by atoms with Gasteiger partial charge in [-0.1, -0.05) is 39.5 Å². The van der Waals surface area contributed by atoms with Gasteiger partial charge in [0.05, 0.1) is 0 Å². The minimum absolute atomic E-state index is 0.104. The van der Waals surface area contributed by atoms with Gasteiger partial charge in [0.2, 0.25) is 11.8 Å². The lowest BCUT2D eigenvalue weighted by molar-refractivity contribution is -0.127. The molecular weight excluding hydrogens is 228 g/mol. The van der Waals surface area contributed by atoms with E-state index in [4.69, 9.17) is 0 Å². The molecule has 0 aromatic heterocycles. The zero-order chi connectivity index (χ0) is 14.0. The van der Waals surface area contributed by atoms with Crippen LogP contribution in [0.25, 0.3) is 0 Å². The second kappa shape index (κ2) is 9.92. The molecule has 0 aliphatic carbocycles. The van der Waals surface area contributed by atoms with E-state index in [2.05, 4.69) is 24.5 Å². The van der Waals surface area contributed by atoms with Crippen molar-refractivity contribution in [3.8, 4) is 0 Å². The molecule has 4 nitrogen and oxygen atoms in total. The van der Waals surface area contributed by atoms with E-state index in [-0.39, 0.29) is 11.8 Å². The van der Waals surface area contributed by atoms with Crippen LogP contribution >= 0.6 is 0 Å². The first-order valence-electron chi connectivity index (χ1n) is 6.98. The third-order valence-corrected chi connectivity index (χ3v) is 2.82. The molecule has 0 aromatic rings. The van der Waals surface area contributed by atoms with Gasteiger partial charge in [0, 0.05) is 13.5 Å². The van der Waals surface area contributed by atoms with Crippen LogP contribution in [0.2, 0.25) is 0 Å². The summed E-state index contributed by atoms with van der Waals surface area (Å²) in [6, 6.07) is -0.441. The van der Waals surface area contributed by atoms with Gasteiger partial charge in [-0.3, -0.25) is 9.59 Å². The molecule has 0 radical (unpaired) electrons. The Bertz CT molecular complexity index is 252. The maximum atomic E-state index is 11.5. The first kappa shape index (κ1) is 16.9. The van der Waals surface area contributed by atoms with E-state index in [1.54, 1.807) is 6.92 Å². The van der Waals surface area contributed by atoms with Crippen molar-refractivity contribution >= 4 is 11.8 Å². The number of carbonyl (C=O) groups is 2. The average Bonchev–Trinajstić information content (AvgIpc) is 2.26. The van der Waals surface area contributed by atoms with Crippen molar-refractivity contribution in [2.24, 2.45) is 5.92 Å². The average molecular weight is 256 g/mol. The largest absolute Gasteiger partial charge is 0.354 e. The molecule has 0 aliphatic heterocycles. The second-order valence-electron chi connectivity index (χ2n) is 5.31. The van der Waals surface area contributed by atoms with E-state index < -0.39 is 6.04 Å². The molecule has 0 bridgehead atoms. The Morgan fingerprint density at radius 2 is 1.61 bits per heavy atom. The fraction of sp³-hybridized carbons (Fsp3) is 0.857. The number of hydrogen-bond acceptors (Lipinski definition) is 2. The number of carbonyl (C=O) groups excluding carboxylic acids is 2. The molecule has 106 valence electrons. The van der Waals surface area contributed by atoms with Crippen LogP contribution in [0.5, 0.6) is 0 Å². The summed E-state index contributed by atoms with van der Waals surface area (Å²) in [5, 5.41) is 5.40. The lowest BCUT2D eigenvalue weighted by Gasteiger charge is -2.12. The summed E-state index contributed by atoms with van der Waals surface area (Å²) >= 11 is 0. The number of unbranched alkanes of at least 4 members (excludes halogenated alkanes) is 3. The lowest BCUT2D eigenvalue weighted by Crippen LogP contribution is -2.44. The van der Waals surface area contributed by atoms with Gasteiger partial charge < -0.3 is 10.6 Å². The summed E-state index contributed by atoms with van der Waals surface area (Å²) < 4.78 is 0. The van der Waals surface area contributed by atoms with Gasteiger partial charge in [0.1, 0.15) is 6.04 Å². The van der Waals surface area contributed by atoms with E-state index in [0.717, 1.165) is 18.8 Å². The third-order valence-electron chi connectivity index (χ3n) is 2.82. The van der Waals surface area contributed by atoms with Gasteiger partial charge in [-0.15, -0.1) is 0 Å². The maximum Gasteiger partial charge on any atom is 0.242 e. The zero-order valence-corrected chi connectivity index (χ0v) is 12.2. The van der Waals surface area contributed by atoms with Crippen molar-refractivity contribution in [1.82, 2.24) is 10.6 Å². The van der Waals surface area contributed by atoms with Gasteiger partial charge >= 0.3 is 0 Å². The molecule has 2 N–H and O–H groups in total. The van der Waals surface area contributed by atoms with Gasteiger partial charge in [-0.25, -0.2) is 0 Å². The summed E-state index contributed by atoms with van der Waals surface area (Å²) in [6.45, 7) is 8.29. The fourth-order valence-corrected chi connectivity index (χ4v) is 1.77. The van der Waals surface area contributed by atoms with Crippen molar-refractivity contribution in [3.63, 3.8) is 0 Å². The quantitative estimate of drug-likeness (QED) is 0.622. The Morgan fingerprint density at radius 1 is 1.00 bits per heavy atom. The molecule has 18 heavy (non-hydrogen) atoms.